The van der Waals surface area contributed by atoms with Gasteiger partial charge in [-0.15, -0.1) is 0 Å². The second-order valence-electron chi connectivity index (χ2n) is 7.60. The fourth-order valence-corrected chi connectivity index (χ4v) is 3.14. The number of rotatable bonds is 5. The van der Waals surface area contributed by atoms with Gasteiger partial charge in [0.2, 0.25) is 0 Å². The van der Waals surface area contributed by atoms with Crippen molar-refractivity contribution in [2.24, 2.45) is 0 Å². The van der Waals surface area contributed by atoms with Crippen molar-refractivity contribution in [1.82, 2.24) is 0 Å². The number of allylic oxidation sites excluding steroid dienone is 2. The monoisotopic (exact) mass is 378 g/mol. The minimum Gasteiger partial charge on any atom is -0.507 e. The van der Waals surface area contributed by atoms with Gasteiger partial charge in [-0.1, -0.05) is 29.9 Å². The van der Waals surface area contributed by atoms with E-state index in [9.17, 15) is 15.3 Å². The summed E-state index contributed by atoms with van der Waals surface area (Å²) in [4.78, 5) is 0. The molecule has 0 saturated carbocycles. The second kappa shape index (κ2) is 7.85. The van der Waals surface area contributed by atoms with Gasteiger partial charge in [0.1, 0.15) is 17.1 Å². The normalized spacial score (nSPS) is 18.0. The van der Waals surface area contributed by atoms with Crippen LogP contribution in [0.5, 0.6) is 23.0 Å². The van der Waals surface area contributed by atoms with Gasteiger partial charge < -0.3 is 20.1 Å². The van der Waals surface area contributed by atoms with Crippen LogP contribution in [0.3, 0.4) is 0 Å². The van der Waals surface area contributed by atoms with E-state index in [1.54, 1.807) is 18.2 Å². The molecular formula is C24H26O4. The van der Waals surface area contributed by atoms with Gasteiger partial charge in [-0.3, -0.25) is 0 Å². The van der Waals surface area contributed by atoms with Crippen LogP contribution in [0, 0.1) is 0 Å². The number of benzene rings is 2. The first-order chi connectivity index (χ1) is 13.3. The number of phenolic OH excluding ortho intramolecular Hbond substituents is 3. The van der Waals surface area contributed by atoms with E-state index in [1.807, 2.05) is 31.2 Å². The Morgan fingerprint density at radius 1 is 0.964 bits per heavy atom. The standard InChI is InChI=1S/C24H26O4/c1-16(2)5-4-11-24(3)12-10-19-21(26)14-18(15-23(19)28-24)7-6-17-8-9-20(25)22(27)13-17/h5-10,12-15,25-27H,4,11H2,1-3H3/b7-6+/t24-/m0/s1. The van der Waals surface area contributed by atoms with Crippen molar-refractivity contribution in [3.8, 4) is 23.0 Å². The topological polar surface area (TPSA) is 69.9 Å². The van der Waals surface area contributed by atoms with Crippen molar-refractivity contribution in [1.29, 1.82) is 0 Å². The molecule has 0 spiro atoms. The lowest BCUT2D eigenvalue weighted by Crippen LogP contribution is -2.31. The summed E-state index contributed by atoms with van der Waals surface area (Å²) in [6.45, 7) is 6.21. The average molecular weight is 378 g/mol. The van der Waals surface area contributed by atoms with E-state index in [1.165, 1.54) is 17.7 Å². The number of hydrogen-bond acceptors (Lipinski definition) is 4. The quantitative estimate of drug-likeness (QED) is 0.345. The van der Waals surface area contributed by atoms with Crippen LogP contribution in [0.4, 0.5) is 0 Å². The zero-order valence-corrected chi connectivity index (χ0v) is 16.4. The fraction of sp³-hybridized carbons (Fsp3) is 0.250. The van der Waals surface area contributed by atoms with Crippen molar-refractivity contribution in [2.45, 2.75) is 39.2 Å². The Morgan fingerprint density at radius 2 is 1.68 bits per heavy atom. The van der Waals surface area contributed by atoms with Gasteiger partial charge in [0.15, 0.2) is 11.5 Å². The highest BCUT2D eigenvalue weighted by Gasteiger charge is 2.28. The predicted octanol–water partition coefficient (Wildman–Crippen LogP) is 5.88. The lowest BCUT2D eigenvalue weighted by molar-refractivity contribution is 0.128. The largest absolute Gasteiger partial charge is 0.507 e. The lowest BCUT2D eigenvalue weighted by Gasteiger charge is -2.32. The predicted molar refractivity (Wildman–Crippen MR) is 114 cm³/mol. The van der Waals surface area contributed by atoms with E-state index in [-0.39, 0.29) is 17.2 Å². The first-order valence-corrected chi connectivity index (χ1v) is 9.34. The van der Waals surface area contributed by atoms with Crippen LogP contribution < -0.4 is 4.74 Å². The van der Waals surface area contributed by atoms with Gasteiger partial charge in [-0.2, -0.15) is 0 Å². The number of hydrogen-bond donors (Lipinski definition) is 3. The first kappa shape index (κ1) is 19.6. The molecule has 3 N–H and O–H groups in total. The molecule has 28 heavy (non-hydrogen) atoms. The van der Waals surface area contributed by atoms with Crippen molar-refractivity contribution in [2.75, 3.05) is 0 Å². The average Bonchev–Trinajstić information content (AvgIpc) is 2.62. The maximum Gasteiger partial charge on any atom is 0.157 e. The summed E-state index contributed by atoms with van der Waals surface area (Å²) < 4.78 is 6.23. The number of ether oxygens (including phenoxy) is 1. The molecule has 0 unspecified atom stereocenters. The molecule has 0 amide bonds. The SMILES string of the molecule is CC(C)=CCC[C@@]1(C)C=Cc2c(O)cc(/C=C/c3ccc(O)c(O)c3)cc2O1. The third kappa shape index (κ3) is 4.58. The molecule has 4 heteroatoms. The van der Waals surface area contributed by atoms with Crippen LogP contribution in [0.2, 0.25) is 0 Å². The van der Waals surface area contributed by atoms with Crippen LogP contribution in [0.25, 0.3) is 18.2 Å². The summed E-state index contributed by atoms with van der Waals surface area (Å²) in [7, 11) is 0. The van der Waals surface area contributed by atoms with E-state index in [4.69, 9.17) is 4.74 Å². The molecule has 2 aromatic carbocycles. The molecule has 2 aromatic rings. The summed E-state index contributed by atoms with van der Waals surface area (Å²) in [6.07, 6.45) is 11.5. The molecule has 3 rings (SSSR count). The van der Waals surface area contributed by atoms with Crippen LogP contribution in [-0.2, 0) is 0 Å². The van der Waals surface area contributed by atoms with E-state index in [0.29, 0.717) is 11.3 Å². The molecular weight excluding hydrogens is 352 g/mol. The van der Waals surface area contributed by atoms with Gasteiger partial charge in [-0.05, 0) is 81.2 Å². The summed E-state index contributed by atoms with van der Waals surface area (Å²) >= 11 is 0. The molecule has 1 heterocycles. The minimum absolute atomic E-state index is 0.156. The number of phenols is 3. The van der Waals surface area contributed by atoms with E-state index < -0.39 is 5.60 Å². The molecule has 1 atom stereocenters. The maximum atomic E-state index is 10.4. The summed E-state index contributed by atoms with van der Waals surface area (Å²) in [6, 6.07) is 8.18. The van der Waals surface area contributed by atoms with E-state index in [2.05, 4.69) is 19.9 Å². The molecule has 0 aliphatic carbocycles. The summed E-state index contributed by atoms with van der Waals surface area (Å²) in [5.74, 6) is 0.482. The molecule has 0 saturated heterocycles. The Morgan fingerprint density at radius 3 is 2.39 bits per heavy atom. The van der Waals surface area contributed by atoms with E-state index >= 15 is 0 Å². The highest BCUT2D eigenvalue weighted by molar-refractivity contribution is 5.76. The Kier molecular flexibility index (Phi) is 5.50. The van der Waals surface area contributed by atoms with Crippen LogP contribution in [-0.4, -0.2) is 20.9 Å². The van der Waals surface area contributed by atoms with E-state index in [0.717, 1.165) is 24.0 Å². The van der Waals surface area contributed by atoms with Crippen molar-refractivity contribution in [3.63, 3.8) is 0 Å². The molecule has 0 bridgehead atoms. The first-order valence-electron chi connectivity index (χ1n) is 9.34. The number of fused-ring (bicyclic) bond motifs is 1. The van der Waals surface area contributed by atoms with Gasteiger partial charge in [0.25, 0.3) is 0 Å². The van der Waals surface area contributed by atoms with Gasteiger partial charge in [-0.25, -0.2) is 0 Å². The fourth-order valence-electron chi connectivity index (χ4n) is 3.14. The highest BCUT2D eigenvalue weighted by atomic mass is 16.5. The smallest absolute Gasteiger partial charge is 0.157 e. The van der Waals surface area contributed by atoms with Crippen molar-refractivity contribution >= 4 is 18.2 Å². The highest BCUT2D eigenvalue weighted by Crippen LogP contribution is 2.39. The van der Waals surface area contributed by atoms with Crippen LogP contribution >= 0.6 is 0 Å². The zero-order chi connectivity index (χ0) is 20.3. The molecule has 1 aliphatic rings. The van der Waals surface area contributed by atoms with Gasteiger partial charge in [0, 0.05) is 0 Å². The van der Waals surface area contributed by atoms with Crippen LogP contribution in [0.1, 0.15) is 50.3 Å². The number of aromatic hydroxyl groups is 3. The maximum absolute atomic E-state index is 10.4. The Balaban J connectivity index is 1.82. The molecule has 0 fully saturated rings. The summed E-state index contributed by atoms with van der Waals surface area (Å²) in [5, 5.41) is 29.4. The molecule has 1 aliphatic heterocycles. The molecule has 0 radical (unpaired) electrons. The van der Waals surface area contributed by atoms with Crippen LogP contribution in [0.15, 0.2) is 48.1 Å². The van der Waals surface area contributed by atoms with Gasteiger partial charge >= 0.3 is 0 Å². The third-order valence-electron chi connectivity index (χ3n) is 4.75. The van der Waals surface area contributed by atoms with Gasteiger partial charge in [0.05, 0.1) is 5.56 Å². The third-order valence-corrected chi connectivity index (χ3v) is 4.75. The zero-order valence-electron chi connectivity index (χ0n) is 16.4. The molecule has 0 aromatic heterocycles. The summed E-state index contributed by atoms with van der Waals surface area (Å²) in [5.41, 5.74) is 3.06. The Labute approximate surface area is 165 Å². The minimum atomic E-state index is -0.420. The molecule has 4 nitrogen and oxygen atoms in total. The Hall–Kier alpha value is -3.14. The van der Waals surface area contributed by atoms with Crippen molar-refractivity contribution < 1.29 is 20.1 Å². The Bertz CT molecular complexity index is 965. The second-order valence-corrected chi connectivity index (χ2v) is 7.60. The molecule has 146 valence electrons. The van der Waals surface area contributed by atoms with Crippen molar-refractivity contribution in [3.05, 3.63) is 64.7 Å². The lowest BCUT2D eigenvalue weighted by atomic mass is 9.94.